The van der Waals surface area contributed by atoms with Crippen LogP contribution in [0.15, 0.2) is 12.1 Å². The van der Waals surface area contributed by atoms with Crippen LogP contribution in [0, 0.1) is 13.8 Å². The highest BCUT2D eigenvalue weighted by molar-refractivity contribution is 5.90. The smallest absolute Gasteiger partial charge is 0.414 e. The molecule has 2 rings (SSSR count). The molecular weight excluding hydrogens is 226 g/mol. The Labute approximate surface area is 109 Å². The van der Waals surface area contributed by atoms with E-state index >= 15 is 0 Å². The minimum absolute atomic E-state index is 0.246. The van der Waals surface area contributed by atoms with Crippen molar-refractivity contribution in [2.24, 2.45) is 0 Å². The molecule has 3 nitrogen and oxygen atoms in total. The van der Waals surface area contributed by atoms with Gasteiger partial charge >= 0.3 is 6.09 Å². The second-order valence-corrected chi connectivity index (χ2v) is 5.95. The van der Waals surface area contributed by atoms with Gasteiger partial charge in [-0.25, -0.2) is 4.79 Å². The number of amides is 1. The van der Waals surface area contributed by atoms with Gasteiger partial charge in [0.2, 0.25) is 0 Å². The van der Waals surface area contributed by atoms with Gasteiger partial charge in [-0.2, -0.15) is 0 Å². The van der Waals surface area contributed by atoms with Gasteiger partial charge in [-0.15, -0.1) is 0 Å². The second-order valence-electron chi connectivity index (χ2n) is 5.95. The summed E-state index contributed by atoms with van der Waals surface area (Å²) < 4.78 is 5.44. The van der Waals surface area contributed by atoms with Gasteiger partial charge in [0.05, 0.1) is 5.69 Å². The van der Waals surface area contributed by atoms with Crippen molar-refractivity contribution in [3.63, 3.8) is 0 Å². The molecule has 0 radical (unpaired) electrons. The molecule has 0 bridgehead atoms. The molecule has 1 aliphatic rings. The van der Waals surface area contributed by atoms with Gasteiger partial charge in [-0.3, -0.25) is 4.90 Å². The van der Waals surface area contributed by atoms with Crippen LogP contribution >= 0.6 is 0 Å². The van der Waals surface area contributed by atoms with Crippen LogP contribution in [0.25, 0.3) is 0 Å². The van der Waals surface area contributed by atoms with Crippen LogP contribution in [0.1, 0.15) is 37.5 Å². The number of benzene rings is 1. The van der Waals surface area contributed by atoms with Gasteiger partial charge in [-0.05, 0) is 63.8 Å². The van der Waals surface area contributed by atoms with E-state index in [4.69, 9.17) is 4.74 Å². The van der Waals surface area contributed by atoms with Crippen LogP contribution < -0.4 is 4.90 Å². The largest absolute Gasteiger partial charge is 0.443 e. The Hall–Kier alpha value is -1.51. The van der Waals surface area contributed by atoms with Gasteiger partial charge in [0.15, 0.2) is 0 Å². The number of fused-ring (bicyclic) bond motifs is 1. The van der Waals surface area contributed by atoms with E-state index in [1.165, 1.54) is 16.7 Å². The highest BCUT2D eigenvalue weighted by atomic mass is 16.6. The summed E-state index contributed by atoms with van der Waals surface area (Å²) in [5.74, 6) is 0. The molecule has 0 aromatic heterocycles. The molecule has 0 fully saturated rings. The van der Waals surface area contributed by atoms with E-state index in [-0.39, 0.29) is 6.09 Å². The van der Waals surface area contributed by atoms with E-state index in [2.05, 4.69) is 26.0 Å². The quantitative estimate of drug-likeness (QED) is 0.701. The van der Waals surface area contributed by atoms with Gasteiger partial charge in [0.25, 0.3) is 0 Å². The molecule has 0 saturated heterocycles. The first-order chi connectivity index (χ1) is 8.28. The van der Waals surface area contributed by atoms with Crippen molar-refractivity contribution >= 4 is 11.8 Å². The number of ether oxygens (including phenoxy) is 1. The summed E-state index contributed by atoms with van der Waals surface area (Å²) in [4.78, 5) is 13.9. The summed E-state index contributed by atoms with van der Waals surface area (Å²) in [5.41, 5.74) is 4.29. The average molecular weight is 247 g/mol. The summed E-state index contributed by atoms with van der Waals surface area (Å²) >= 11 is 0. The summed E-state index contributed by atoms with van der Waals surface area (Å²) in [6.07, 6.45) is 0.667. The molecule has 0 aliphatic carbocycles. The van der Waals surface area contributed by atoms with E-state index in [1.807, 2.05) is 20.8 Å². The minimum Gasteiger partial charge on any atom is -0.443 e. The van der Waals surface area contributed by atoms with E-state index in [1.54, 1.807) is 4.90 Å². The van der Waals surface area contributed by atoms with Crippen molar-refractivity contribution in [2.45, 2.75) is 46.6 Å². The van der Waals surface area contributed by atoms with Crippen LogP contribution in [0.4, 0.5) is 10.5 Å². The standard InChI is InChI=1S/C15H21NO2/c1-10-8-12-6-7-16(13(12)9-11(10)2)14(17)18-15(3,4)5/h8-9H,6-7H2,1-5H3. The van der Waals surface area contributed by atoms with Crippen LogP contribution in [0.5, 0.6) is 0 Å². The number of anilines is 1. The molecule has 98 valence electrons. The molecule has 1 aromatic rings. The zero-order valence-electron chi connectivity index (χ0n) is 11.8. The predicted octanol–water partition coefficient (Wildman–Crippen LogP) is 3.60. The fraction of sp³-hybridized carbons (Fsp3) is 0.533. The topological polar surface area (TPSA) is 29.5 Å². The normalized spacial score (nSPS) is 14.6. The maximum atomic E-state index is 12.1. The number of rotatable bonds is 0. The fourth-order valence-electron chi connectivity index (χ4n) is 2.17. The Morgan fingerprint density at radius 1 is 1.22 bits per heavy atom. The van der Waals surface area contributed by atoms with Crippen molar-refractivity contribution in [1.82, 2.24) is 0 Å². The SMILES string of the molecule is Cc1cc2c(cc1C)N(C(=O)OC(C)(C)C)CC2. The van der Waals surface area contributed by atoms with E-state index in [9.17, 15) is 4.79 Å². The van der Waals surface area contributed by atoms with Gasteiger partial charge in [-0.1, -0.05) is 6.07 Å². The lowest BCUT2D eigenvalue weighted by molar-refractivity contribution is 0.0584. The second kappa shape index (κ2) is 4.30. The van der Waals surface area contributed by atoms with Crippen LogP contribution in [0.3, 0.4) is 0 Å². The lowest BCUT2D eigenvalue weighted by Crippen LogP contribution is -2.35. The maximum Gasteiger partial charge on any atom is 0.414 e. The number of hydrogen-bond donors (Lipinski definition) is 0. The van der Waals surface area contributed by atoms with Crippen LogP contribution in [-0.4, -0.2) is 18.2 Å². The molecule has 1 heterocycles. The molecule has 18 heavy (non-hydrogen) atoms. The molecule has 0 unspecified atom stereocenters. The molecular formula is C15H21NO2. The summed E-state index contributed by atoms with van der Waals surface area (Å²) in [5, 5.41) is 0. The Morgan fingerprint density at radius 2 is 1.83 bits per heavy atom. The van der Waals surface area contributed by atoms with Crippen molar-refractivity contribution in [1.29, 1.82) is 0 Å². The van der Waals surface area contributed by atoms with E-state index < -0.39 is 5.60 Å². The summed E-state index contributed by atoms with van der Waals surface area (Å²) in [6, 6.07) is 4.26. The number of carbonyl (C=O) groups is 1. The molecule has 0 atom stereocenters. The maximum absolute atomic E-state index is 12.1. The third-order valence-electron chi connectivity index (χ3n) is 3.20. The zero-order chi connectivity index (χ0) is 13.5. The van der Waals surface area contributed by atoms with E-state index in [0.29, 0.717) is 6.54 Å². The van der Waals surface area contributed by atoms with Gasteiger partial charge < -0.3 is 4.74 Å². The lowest BCUT2D eigenvalue weighted by atomic mass is 10.0. The average Bonchev–Trinajstić information content (AvgIpc) is 2.59. The fourth-order valence-corrected chi connectivity index (χ4v) is 2.17. The molecule has 0 saturated carbocycles. The van der Waals surface area contributed by atoms with E-state index in [0.717, 1.165) is 12.1 Å². The third kappa shape index (κ3) is 2.50. The molecule has 1 aromatic carbocycles. The Balaban J connectivity index is 2.26. The number of carbonyl (C=O) groups excluding carboxylic acids is 1. The molecule has 1 amide bonds. The van der Waals surface area contributed by atoms with Gasteiger partial charge in [0, 0.05) is 6.54 Å². The Morgan fingerprint density at radius 3 is 2.44 bits per heavy atom. The number of aryl methyl sites for hydroxylation is 2. The van der Waals surface area contributed by atoms with Crippen molar-refractivity contribution in [3.8, 4) is 0 Å². The first-order valence-electron chi connectivity index (χ1n) is 6.38. The van der Waals surface area contributed by atoms with Crippen molar-refractivity contribution in [3.05, 3.63) is 28.8 Å². The number of nitrogens with zero attached hydrogens (tertiary/aromatic N) is 1. The first kappa shape index (κ1) is 12.9. The first-order valence-corrected chi connectivity index (χ1v) is 6.38. The minimum atomic E-state index is -0.445. The lowest BCUT2D eigenvalue weighted by Gasteiger charge is -2.25. The zero-order valence-corrected chi connectivity index (χ0v) is 11.8. The molecule has 0 spiro atoms. The summed E-state index contributed by atoms with van der Waals surface area (Å²) in [7, 11) is 0. The third-order valence-corrected chi connectivity index (χ3v) is 3.20. The molecule has 1 aliphatic heterocycles. The highest BCUT2D eigenvalue weighted by Gasteiger charge is 2.29. The van der Waals surface area contributed by atoms with Crippen molar-refractivity contribution < 1.29 is 9.53 Å². The monoisotopic (exact) mass is 247 g/mol. The van der Waals surface area contributed by atoms with Crippen LogP contribution in [-0.2, 0) is 11.2 Å². The predicted molar refractivity (Wildman–Crippen MR) is 73.2 cm³/mol. The highest BCUT2D eigenvalue weighted by Crippen LogP contribution is 2.31. The van der Waals surface area contributed by atoms with Crippen molar-refractivity contribution in [2.75, 3.05) is 11.4 Å². The Kier molecular flexibility index (Phi) is 3.09. The summed E-state index contributed by atoms with van der Waals surface area (Å²) in [6.45, 7) is 10.6. The van der Waals surface area contributed by atoms with Crippen LogP contribution in [0.2, 0.25) is 0 Å². The Bertz CT molecular complexity index is 486. The van der Waals surface area contributed by atoms with Gasteiger partial charge in [0.1, 0.15) is 5.60 Å². The molecule has 0 N–H and O–H groups in total. The molecule has 3 heteroatoms. The number of hydrogen-bond acceptors (Lipinski definition) is 2.